The number of benzene rings is 4. The molecule has 0 saturated carbocycles. The first-order valence-corrected chi connectivity index (χ1v) is 13.8. The summed E-state index contributed by atoms with van der Waals surface area (Å²) in [6.07, 6.45) is 5.85. The molecule has 5 aromatic rings. The highest BCUT2D eigenvalue weighted by Gasteiger charge is 2.54. The third kappa shape index (κ3) is 3.53. The molecule has 1 atom stereocenters. The van der Waals surface area contributed by atoms with E-state index in [4.69, 9.17) is 4.98 Å². The fraction of sp³-hybridized carbons (Fsp3) is 0.132. The first-order valence-electron chi connectivity index (χ1n) is 13.8. The van der Waals surface area contributed by atoms with Gasteiger partial charge in [-0.2, -0.15) is 0 Å². The highest BCUT2D eigenvalue weighted by molar-refractivity contribution is 5.92. The minimum absolute atomic E-state index is 0.368. The molecular weight excluding hydrogens is 484 g/mol. The van der Waals surface area contributed by atoms with Gasteiger partial charge in [-0.3, -0.25) is 4.57 Å². The smallest absolute Gasteiger partial charge is 0.134 e. The Kier molecular flexibility index (Phi) is 6.27. The largest absolute Gasteiger partial charge is 0.295 e. The summed E-state index contributed by atoms with van der Waals surface area (Å²) in [5, 5.41) is 0. The minimum Gasteiger partial charge on any atom is -0.295 e. The lowest BCUT2D eigenvalue weighted by Gasteiger charge is -2.27. The molecule has 1 aliphatic heterocycles. The van der Waals surface area contributed by atoms with Crippen LogP contribution in [0.15, 0.2) is 139 Å². The van der Waals surface area contributed by atoms with Crippen LogP contribution in [0.3, 0.4) is 0 Å². The third-order valence-corrected chi connectivity index (χ3v) is 8.32. The fourth-order valence-corrected chi connectivity index (χ4v) is 6.55. The Hall–Kier alpha value is -4.69. The standard InChI is InChI=1S/C27H18N2.C11H16/c1-17-9-8-13-21-25(17)18-10-2-3-11-19(18)27(21)20-12-4-6-15-23(20)29-24-16-7-5-14-22(24)28-26(27)29;1-6-8-11(9(3)4)10(5)7-2/h2-16H,1H3;6-8H,1,3H2,2,4-5H3/b;10-7+,11-8+. The molecule has 0 N–H and O–H groups in total. The zero-order chi connectivity index (χ0) is 28.0. The number of aromatic nitrogens is 2. The molecule has 196 valence electrons. The molecule has 4 aromatic carbocycles. The molecule has 1 aromatic heterocycles. The van der Waals surface area contributed by atoms with Gasteiger partial charge in [0.1, 0.15) is 11.2 Å². The number of aryl methyl sites for hydroxylation is 1. The molecule has 1 spiro atoms. The molecule has 1 unspecified atom stereocenters. The van der Waals surface area contributed by atoms with E-state index < -0.39 is 0 Å². The van der Waals surface area contributed by atoms with Crippen LogP contribution in [0.2, 0.25) is 0 Å². The molecule has 0 bridgehead atoms. The van der Waals surface area contributed by atoms with E-state index in [9.17, 15) is 0 Å². The van der Waals surface area contributed by atoms with Crippen molar-refractivity contribution < 1.29 is 0 Å². The Bertz CT molecular complexity index is 1880. The van der Waals surface area contributed by atoms with E-state index in [1.165, 1.54) is 55.7 Å². The van der Waals surface area contributed by atoms with Gasteiger partial charge in [0.2, 0.25) is 0 Å². The lowest BCUT2D eigenvalue weighted by atomic mass is 9.73. The summed E-state index contributed by atoms with van der Waals surface area (Å²) in [7, 11) is 0. The molecule has 7 rings (SSSR count). The zero-order valence-electron chi connectivity index (χ0n) is 23.7. The fourth-order valence-electron chi connectivity index (χ4n) is 6.55. The molecular formula is C38H34N2. The van der Waals surface area contributed by atoms with Crippen molar-refractivity contribution in [1.29, 1.82) is 0 Å². The van der Waals surface area contributed by atoms with Gasteiger partial charge < -0.3 is 0 Å². The van der Waals surface area contributed by atoms with Crippen molar-refractivity contribution >= 4 is 11.0 Å². The van der Waals surface area contributed by atoms with Gasteiger partial charge in [-0.1, -0.05) is 110 Å². The Morgan fingerprint density at radius 2 is 1.50 bits per heavy atom. The summed E-state index contributed by atoms with van der Waals surface area (Å²) < 4.78 is 2.37. The maximum absolute atomic E-state index is 5.23. The second-order valence-corrected chi connectivity index (χ2v) is 10.6. The first-order chi connectivity index (χ1) is 19.4. The van der Waals surface area contributed by atoms with Crippen LogP contribution in [0, 0.1) is 6.92 Å². The highest BCUT2D eigenvalue weighted by Crippen LogP contribution is 2.60. The molecule has 40 heavy (non-hydrogen) atoms. The lowest BCUT2D eigenvalue weighted by Crippen LogP contribution is -2.27. The average Bonchev–Trinajstić information content (AvgIpc) is 3.60. The summed E-state index contributed by atoms with van der Waals surface area (Å²) in [4.78, 5) is 5.23. The van der Waals surface area contributed by atoms with Crippen LogP contribution in [0.5, 0.6) is 0 Å². The van der Waals surface area contributed by atoms with Crippen LogP contribution in [-0.4, -0.2) is 9.55 Å². The quantitative estimate of drug-likeness (QED) is 0.213. The van der Waals surface area contributed by atoms with E-state index in [-0.39, 0.29) is 5.41 Å². The number of rotatable bonds is 3. The van der Waals surface area contributed by atoms with E-state index in [1.807, 2.05) is 19.9 Å². The number of hydrogen-bond acceptors (Lipinski definition) is 1. The second-order valence-electron chi connectivity index (χ2n) is 10.6. The van der Waals surface area contributed by atoms with Crippen molar-refractivity contribution in [2.75, 3.05) is 0 Å². The van der Waals surface area contributed by atoms with Gasteiger partial charge in [-0.25, -0.2) is 4.98 Å². The van der Waals surface area contributed by atoms with Crippen molar-refractivity contribution in [2.24, 2.45) is 0 Å². The number of hydrogen-bond donors (Lipinski definition) is 0. The molecule has 2 nitrogen and oxygen atoms in total. The van der Waals surface area contributed by atoms with Gasteiger partial charge in [-0.15, -0.1) is 0 Å². The molecule has 2 heterocycles. The van der Waals surface area contributed by atoms with E-state index >= 15 is 0 Å². The van der Waals surface area contributed by atoms with Crippen LogP contribution >= 0.6 is 0 Å². The van der Waals surface area contributed by atoms with Crippen LogP contribution in [0.1, 0.15) is 48.8 Å². The maximum atomic E-state index is 5.23. The van der Waals surface area contributed by atoms with Gasteiger partial charge in [0, 0.05) is 0 Å². The summed E-state index contributed by atoms with van der Waals surface area (Å²) in [6.45, 7) is 15.9. The van der Waals surface area contributed by atoms with Gasteiger partial charge in [0.15, 0.2) is 0 Å². The van der Waals surface area contributed by atoms with Gasteiger partial charge >= 0.3 is 0 Å². The van der Waals surface area contributed by atoms with Crippen LogP contribution < -0.4 is 0 Å². The van der Waals surface area contributed by atoms with Crippen molar-refractivity contribution in [2.45, 2.75) is 33.1 Å². The number of para-hydroxylation sites is 3. The Balaban J connectivity index is 0.000000227. The average molecular weight is 519 g/mol. The molecule has 2 aliphatic rings. The molecule has 2 heteroatoms. The second kappa shape index (κ2) is 9.81. The van der Waals surface area contributed by atoms with Gasteiger partial charge in [0.25, 0.3) is 0 Å². The number of nitrogens with zero attached hydrogens (tertiary/aromatic N) is 2. The van der Waals surface area contributed by atoms with Crippen molar-refractivity contribution in [1.82, 2.24) is 9.55 Å². The summed E-state index contributed by atoms with van der Waals surface area (Å²) in [6, 6.07) is 32.9. The first kappa shape index (κ1) is 25.6. The third-order valence-electron chi connectivity index (χ3n) is 8.32. The van der Waals surface area contributed by atoms with Crippen LogP contribution in [0.25, 0.3) is 27.8 Å². The number of allylic oxidation sites excluding steroid dienone is 6. The predicted octanol–water partition coefficient (Wildman–Crippen LogP) is 9.65. The van der Waals surface area contributed by atoms with E-state index in [0.717, 1.165) is 16.9 Å². The Morgan fingerprint density at radius 3 is 2.25 bits per heavy atom. The monoisotopic (exact) mass is 518 g/mol. The highest BCUT2D eigenvalue weighted by atomic mass is 15.1. The molecule has 0 radical (unpaired) electrons. The van der Waals surface area contributed by atoms with Crippen molar-refractivity contribution in [3.63, 3.8) is 0 Å². The zero-order valence-corrected chi connectivity index (χ0v) is 23.7. The van der Waals surface area contributed by atoms with E-state index in [1.54, 1.807) is 6.08 Å². The Labute approximate surface area is 237 Å². The number of fused-ring (bicyclic) bond motifs is 12. The maximum Gasteiger partial charge on any atom is 0.134 e. The Morgan fingerprint density at radius 1 is 0.825 bits per heavy atom. The van der Waals surface area contributed by atoms with Crippen molar-refractivity contribution in [3.05, 3.63) is 167 Å². The minimum atomic E-state index is -0.368. The molecule has 0 fully saturated rings. The van der Waals surface area contributed by atoms with Crippen LogP contribution in [-0.2, 0) is 5.41 Å². The summed E-state index contributed by atoms with van der Waals surface area (Å²) >= 11 is 0. The number of imidazole rings is 1. The predicted molar refractivity (Wildman–Crippen MR) is 169 cm³/mol. The lowest BCUT2D eigenvalue weighted by molar-refractivity contribution is 0.737. The normalized spacial score (nSPS) is 16.6. The van der Waals surface area contributed by atoms with E-state index in [0.29, 0.717) is 0 Å². The molecule has 1 aliphatic carbocycles. The summed E-state index contributed by atoms with van der Waals surface area (Å²) in [5.41, 5.74) is 14.6. The van der Waals surface area contributed by atoms with Gasteiger partial charge in [0.05, 0.1) is 16.7 Å². The van der Waals surface area contributed by atoms with Crippen molar-refractivity contribution in [3.8, 4) is 16.8 Å². The summed E-state index contributed by atoms with van der Waals surface area (Å²) in [5.74, 6) is 1.11. The topological polar surface area (TPSA) is 17.8 Å². The molecule has 0 amide bonds. The molecule has 0 saturated heterocycles. The van der Waals surface area contributed by atoms with E-state index in [2.05, 4.69) is 129 Å². The van der Waals surface area contributed by atoms with Gasteiger partial charge in [-0.05, 0) is 90.4 Å². The SMILES string of the molecule is C=C/C=C(C(=C)C)/C(C)=C/C.Cc1cccc2c1-c1ccccc1C21c2ccccc2-n2c1nc1ccccc12. The van der Waals surface area contributed by atoms with Crippen LogP contribution in [0.4, 0.5) is 0 Å².